The molecule has 0 spiro atoms. The summed E-state index contributed by atoms with van der Waals surface area (Å²) >= 11 is 0. The van der Waals surface area contributed by atoms with E-state index in [2.05, 4.69) is 0 Å². The molecule has 90 valence electrons. The van der Waals surface area contributed by atoms with Crippen LogP contribution in [0.4, 0.5) is 0 Å². The predicted molar refractivity (Wildman–Crippen MR) is 64.5 cm³/mol. The first kappa shape index (κ1) is 10.7. The average Bonchev–Trinajstić information content (AvgIpc) is 2.60. The zero-order valence-corrected chi connectivity index (χ0v) is 10.4. The average molecular weight is 220 g/mol. The molecule has 0 aromatic rings. The number of rotatable bonds is 0. The van der Waals surface area contributed by atoms with Crippen LogP contribution in [0, 0.1) is 0 Å². The zero-order chi connectivity index (χ0) is 11.1. The topological polar surface area (TPSA) is 25.3 Å². The number of hydrogen-bond donors (Lipinski definition) is 0. The van der Waals surface area contributed by atoms with E-state index in [4.69, 9.17) is 0 Å². The van der Waals surface area contributed by atoms with Gasteiger partial charge < -0.3 is 10.2 Å². The Kier molecular flexibility index (Phi) is 2.56. The fraction of sp³-hybridized carbons (Fsp3) is 1.00. The molecular formula is C14H24N2. The minimum absolute atomic E-state index is 0.170. The van der Waals surface area contributed by atoms with Crippen molar-refractivity contribution in [2.75, 3.05) is 0 Å². The van der Waals surface area contributed by atoms with Crippen LogP contribution in [0.25, 0.3) is 5.53 Å². The lowest BCUT2D eigenvalue weighted by Gasteiger charge is -2.38. The SMILES string of the molecule is [N-]=[N+]1C23CCCCC1(CCCC2)CCCC3. The molecule has 2 nitrogen and oxygen atoms in total. The van der Waals surface area contributed by atoms with Crippen molar-refractivity contribution in [3.05, 3.63) is 5.53 Å². The molecule has 0 aliphatic carbocycles. The van der Waals surface area contributed by atoms with Gasteiger partial charge in [-0.25, -0.2) is 0 Å². The van der Waals surface area contributed by atoms with Gasteiger partial charge in [0.1, 0.15) is 0 Å². The van der Waals surface area contributed by atoms with Gasteiger partial charge in [-0.1, -0.05) is 0 Å². The maximum atomic E-state index is 10.8. The van der Waals surface area contributed by atoms with Gasteiger partial charge in [-0.15, -0.1) is 0 Å². The Morgan fingerprint density at radius 3 is 1.06 bits per heavy atom. The molecule has 0 N–H and O–H groups in total. The van der Waals surface area contributed by atoms with Crippen LogP contribution in [-0.4, -0.2) is 15.8 Å². The first-order chi connectivity index (χ1) is 7.78. The Morgan fingerprint density at radius 2 is 0.812 bits per heavy atom. The van der Waals surface area contributed by atoms with E-state index in [1.54, 1.807) is 0 Å². The Hall–Kier alpha value is -0.400. The van der Waals surface area contributed by atoms with E-state index in [-0.39, 0.29) is 11.1 Å². The summed E-state index contributed by atoms with van der Waals surface area (Å²) in [5.41, 5.74) is 11.2. The molecule has 0 radical (unpaired) electrons. The summed E-state index contributed by atoms with van der Waals surface area (Å²) < 4.78 is 1.90. The molecule has 3 rings (SSSR count). The summed E-state index contributed by atoms with van der Waals surface area (Å²) in [4.78, 5) is 0. The van der Waals surface area contributed by atoms with Crippen LogP contribution in [0.3, 0.4) is 0 Å². The van der Waals surface area contributed by atoms with Crippen LogP contribution in [0.15, 0.2) is 0 Å². The summed E-state index contributed by atoms with van der Waals surface area (Å²) in [7, 11) is 0. The van der Waals surface area contributed by atoms with Crippen molar-refractivity contribution in [2.45, 2.75) is 88.1 Å². The van der Waals surface area contributed by atoms with Crippen LogP contribution in [0.2, 0.25) is 0 Å². The first-order valence-corrected chi connectivity index (χ1v) is 7.27. The maximum Gasteiger partial charge on any atom is 0.151 e. The lowest BCUT2D eigenvalue weighted by atomic mass is 9.81. The summed E-state index contributed by atoms with van der Waals surface area (Å²) in [5, 5.41) is 0. The molecule has 3 saturated heterocycles. The van der Waals surface area contributed by atoms with Gasteiger partial charge in [0.05, 0.1) is 0 Å². The van der Waals surface area contributed by atoms with Crippen molar-refractivity contribution in [2.24, 2.45) is 0 Å². The smallest absolute Gasteiger partial charge is 0.151 e. The van der Waals surface area contributed by atoms with E-state index >= 15 is 0 Å². The van der Waals surface area contributed by atoms with Gasteiger partial charge in [0.2, 0.25) is 0 Å². The van der Waals surface area contributed by atoms with Gasteiger partial charge in [-0.3, -0.25) is 0 Å². The third kappa shape index (κ3) is 1.45. The second-order valence-electron chi connectivity index (χ2n) is 6.38. The molecule has 3 heterocycles. The molecule has 3 fully saturated rings. The molecule has 2 heteroatoms. The van der Waals surface area contributed by atoms with Crippen molar-refractivity contribution < 1.29 is 4.70 Å². The molecule has 2 bridgehead atoms. The Balaban J connectivity index is 2.06. The van der Waals surface area contributed by atoms with Crippen LogP contribution < -0.4 is 0 Å². The third-order valence-corrected chi connectivity index (χ3v) is 5.50. The lowest BCUT2D eigenvalue weighted by Crippen LogP contribution is -2.49. The van der Waals surface area contributed by atoms with Crippen molar-refractivity contribution >= 4 is 0 Å². The summed E-state index contributed by atoms with van der Waals surface area (Å²) in [6.07, 6.45) is 15.4. The maximum absolute atomic E-state index is 10.8. The highest BCUT2D eigenvalue weighted by Crippen LogP contribution is 2.48. The van der Waals surface area contributed by atoms with E-state index < -0.39 is 0 Å². The van der Waals surface area contributed by atoms with E-state index in [0.717, 1.165) is 0 Å². The normalized spacial score (nSPS) is 44.4. The molecular weight excluding hydrogens is 196 g/mol. The quantitative estimate of drug-likeness (QED) is 0.546. The molecule has 0 unspecified atom stereocenters. The molecule has 0 saturated carbocycles. The summed E-state index contributed by atoms with van der Waals surface area (Å²) in [6.45, 7) is 0. The molecule has 3 aliphatic heterocycles. The van der Waals surface area contributed by atoms with Crippen LogP contribution in [0.1, 0.15) is 77.0 Å². The fourth-order valence-electron chi connectivity index (χ4n) is 4.61. The Morgan fingerprint density at radius 1 is 0.562 bits per heavy atom. The minimum atomic E-state index is 0.170. The largest absolute Gasteiger partial charge is 0.506 e. The standard InChI is InChI=1S/C14H24N2/c15-16-13-7-1-2-8-14(16,11-5-3-9-13)12-6-4-10-13/h1-12H2. The molecule has 0 aromatic heterocycles. The van der Waals surface area contributed by atoms with E-state index in [0.29, 0.717) is 0 Å². The summed E-state index contributed by atoms with van der Waals surface area (Å²) in [5.74, 6) is 0. The van der Waals surface area contributed by atoms with E-state index in [1.807, 2.05) is 4.70 Å². The Bertz CT molecular complexity index is 233. The van der Waals surface area contributed by atoms with Gasteiger partial charge in [-0.05, 0) is 38.5 Å². The van der Waals surface area contributed by atoms with Gasteiger partial charge in [-0.2, -0.15) is 0 Å². The Labute approximate surface area is 98.9 Å². The highest BCUT2D eigenvalue weighted by molar-refractivity contribution is 4.94. The van der Waals surface area contributed by atoms with Gasteiger partial charge in [0, 0.05) is 38.5 Å². The minimum Gasteiger partial charge on any atom is -0.506 e. The van der Waals surface area contributed by atoms with E-state index in [1.165, 1.54) is 77.0 Å². The van der Waals surface area contributed by atoms with Gasteiger partial charge in [0.25, 0.3) is 0 Å². The van der Waals surface area contributed by atoms with Crippen LogP contribution >= 0.6 is 0 Å². The fourth-order valence-corrected chi connectivity index (χ4v) is 4.61. The van der Waals surface area contributed by atoms with Gasteiger partial charge in [0.15, 0.2) is 11.1 Å². The second-order valence-corrected chi connectivity index (χ2v) is 6.38. The van der Waals surface area contributed by atoms with Crippen molar-refractivity contribution in [1.82, 2.24) is 0 Å². The third-order valence-electron chi connectivity index (χ3n) is 5.50. The van der Waals surface area contributed by atoms with E-state index in [9.17, 15) is 5.53 Å². The van der Waals surface area contributed by atoms with Crippen molar-refractivity contribution in [1.29, 1.82) is 0 Å². The van der Waals surface area contributed by atoms with Crippen LogP contribution in [-0.2, 0) is 0 Å². The van der Waals surface area contributed by atoms with Crippen molar-refractivity contribution in [3.8, 4) is 0 Å². The van der Waals surface area contributed by atoms with Crippen molar-refractivity contribution in [3.63, 3.8) is 0 Å². The lowest BCUT2D eigenvalue weighted by molar-refractivity contribution is -0.692. The highest BCUT2D eigenvalue weighted by Gasteiger charge is 2.52. The molecule has 0 amide bonds. The van der Waals surface area contributed by atoms with Gasteiger partial charge >= 0.3 is 0 Å². The molecule has 16 heavy (non-hydrogen) atoms. The monoisotopic (exact) mass is 220 g/mol. The second kappa shape index (κ2) is 3.82. The number of hydrogen-bond acceptors (Lipinski definition) is 0. The molecule has 0 aromatic carbocycles. The zero-order valence-electron chi connectivity index (χ0n) is 10.4. The summed E-state index contributed by atoms with van der Waals surface area (Å²) in [6, 6.07) is 0. The first-order valence-electron chi connectivity index (χ1n) is 7.27. The predicted octanol–water partition coefficient (Wildman–Crippen LogP) is 4.22. The molecule has 3 aliphatic rings. The van der Waals surface area contributed by atoms with Crippen LogP contribution in [0.5, 0.6) is 0 Å². The molecule has 0 atom stereocenters. The number of nitrogens with zero attached hydrogens (tertiary/aromatic N) is 2. The highest BCUT2D eigenvalue weighted by atomic mass is 15.3.